The zero-order chi connectivity index (χ0) is 15.1. The summed E-state index contributed by atoms with van der Waals surface area (Å²) >= 11 is 6.39. The molecule has 108 valence electrons. The molecule has 0 aliphatic heterocycles. The average molecular weight is 302 g/mol. The molecule has 1 aromatic heterocycles. The smallest absolute Gasteiger partial charge is 0.253 e. The van der Waals surface area contributed by atoms with Crippen molar-refractivity contribution < 1.29 is 4.79 Å². The van der Waals surface area contributed by atoms with Crippen LogP contribution in [0.1, 0.15) is 23.1 Å². The number of benzene rings is 1. The quantitative estimate of drug-likeness (QED) is 0.812. The van der Waals surface area contributed by atoms with Gasteiger partial charge in [0.1, 0.15) is 5.78 Å². The highest BCUT2D eigenvalue weighted by Crippen LogP contribution is 2.33. The number of aryl methyl sites for hydroxylation is 3. The summed E-state index contributed by atoms with van der Waals surface area (Å²) in [5, 5.41) is 0.626. The lowest BCUT2D eigenvalue weighted by molar-refractivity contribution is -0.118. The van der Waals surface area contributed by atoms with Crippen LogP contribution in [-0.2, 0) is 24.7 Å². The third-order valence-electron chi connectivity index (χ3n) is 4.02. The zero-order valence-electron chi connectivity index (χ0n) is 12.1. The highest BCUT2D eigenvalue weighted by molar-refractivity contribution is 6.33. The molecule has 0 saturated carbocycles. The van der Waals surface area contributed by atoms with Crippen LogP contribution in [0.5, 0.6) is 0 Å². The lowest BCUT2D eigenvalue weighted by atomic mass is 9.88. The Kier molecular flexibility index (Phi) is 3.46. The van der Waals surface area contributed by atoms with E-state index in [0.29, 0.717) is 23.4 Å². The Morgan fingerprint density at radius 3 is 2.57 bits per heavy atom. The van der Waals surface area contributed by atoms with E-state index in [2.05, 4.69) is 6.07 Å². The van der Waals surface area contributed by atoms with E-state index >= 15 is 0 Å². The van der Waals surface area contributed by atoms with Crippen molar-refractivity contribution in [3.05, 3.63) is 56.5 Å². The van der Waals surface area contributed by atoms with E-state index in [9.17, 15) is 9.59 Å². The summed E-state index contributed by atoms with van der Waals surface area (Å²) in [5.41, 5.74) is 4.75. The van der Waals surface area contributed by atoms with E-state index in [0.717, 1.165) is 23.1 Å². The van der Waals surface area contributed by atoms with Crippen molar-refractivity contribution in [1.29, 1.82) is 0 Å². The molecule has 0 N–H and O–H groups in total. The number of rotatable bonds is 1. The van der Waals surface area contributed by atoms with Gasteiger partial charge in [-0.3, -0.25) is 9.59 Å². The molecule has 0 bridgehead atoms. The predicted molar refractivity (Wildman–Crippen MR) is 83.9 cm³/mol. The second-order valence-corrected chi connectivity index (χ2v) is 6.05. The first-order chi connectivity index (χ1) is 9.95. The van der Waals surface area contributed by atoms with Gasteiger partial charge in [-0.15, -0.1) is 0 Å². The summed E-state index contributed by atoms with van der Waals surface area (Å²) < 4.78 is 1.57. The normalized spacial score (nSPS) is 14.1. The average Bonchev–Trinajstić information content (AvgIpc) is 2.43. The molecule has 0 spiro atoms. The first kappa shape index (κ1) is 14.1. The van der Waals surface area contributed by atoms with Gasteiger partial charge in [-0.1, -0.05) is 11.6 Å². The largest absolute Gasteiger partial charge is 0.318 e. The molecule has 1 aliphatic rings. The zero-order valence-corrected chi connectivity index (χ0v) is 12.8. The van der Waals surface area contributed by atoms with E-state index in [-0.39, 0.29) is 11.3 Å². The Bertz CT molecular complexity index is 779. The molecule has 1 aliphatic carbocycles. The Labute approximate surface area is 128 Å². The van der Waals surface area contributed by atoms with E-state index in [1.54, 1.807) is 24.7 Å². The fourth-order valence-electron chi connectivity index (χ4n) is 2.88. The molecule has 0 fully saturated rings. The van der Waals surface area contributed by atoms with Crippen molar-refractivity contribution in [1.82, 2.24) is 4.57 Å². The molecule has 1 heterocycles. The van der Waals surface area contributed by atoms with Crippen LogP contribution in [-0.4, -0.2) is 10.4 Å². The van der Waals surface area contributed by atoms with Crippen LogP contribution in [0.3, 0.4) is 0 Å². The molecule has 0 unspecified atom stereocenters. The Hall–Kier alpha value is -1.87. The molecule has 0 atom stereocenters. The highest BCUT2D eigenvalue weighted by Gasteiger charge is 2.18. The first-order valence-electron chi connectivity index (χ1n) is 6.96. The molecule has 0 amide bonds. The van der Waals surface area contributed by atoms with Crippen molar-refractivity contribution in [2.75, 3.05) is 0 Å². The van der Waals surface area contributed by atoms with Gasteiger partial charge in [0.05, 0.1) is 0 Å². The fraction of sp³-hybridized carbons (Fsp3) is 0.294. The van der Waals surface area contributed by atoms with Crippen LogP contribution < -0.4 is 5.56 Å². The van der Waals surface area contributed by atoms with Gasteiger partial charge < -0.3 is 4.57 Å². The minimum absolute atomic E-state index is 0.00145. The Balaban J connectivity index is 2.15. The number of hydrogen-bond donors (Lipinski definition) is 0. The number of hydrogen-bond acceptors (Lipinski definition) is 2. The van der Waals surface area contributed by atoms with E-state index < -0.39 is 0 Å². The molecule has 3 nitrogen and oxygen atoms in total. The van der Waals surface area contributed by atoms with Crippen molar-refractivity contribution in [2.45, 2.75) is 26.2 Å². The van der Waals surface area contributed by atoms with E-state index in [1.165, 1.54) is 5.56 Å². The van der Waals surface area contributed by atoms with E-state index in [4.69, 9.17) is 11.6 Å². The van der Waals surface area contributed by atoms with Gasteiger partial charge in [0, 0.05) is 42.2 Å². The Morgan fingerprint density at radius 2 is 1.86 bits per heavy atom. The maximum Gasteiger partial charge on any atom is 0.253 e. The van der Waals surface area contributed by atoms with Crippen LogP contribution in [0.15, 0.2) is 29.2 Å². The number of aromatic nitrogens is 1. The van der Waals surface area contributed by atoms with Crippen molar-refractivity contribution in [2.24, 2.45) is 7.05 Å². The number of Topliss-reactive ketones (excluding diaryl/α,β-unsaturated/α-hetero) is 1. The highest BCUT2D eigenvalue weighted by atomic mass is 35.5. The van der Waals surface area contributed by atoms with Crippen LogP contribution in [0.4, 0.5) is 0 Å². The summed E-state index contributed by atoms with van der Waals surface area (Å²) in [7, 11) is 1.74. The number of ketones is 1. The topological polar surface area (TPSA) is 39.1 Å². The van der Waals surface area contributed by atoms with Gasteiger partial charge in [0.25, 0.3) is 5.56 Å². The standard InChI is InChI=1S/C17H16ClNO2/c1-10-5-13(9-19(2)17(10)21)15-7-11-3-4-14(20)6-12(11)8-16(15)18/h5,7-9H,3-4,6H2,1-2H3. The van der Waals surface area contributed by atoms with E-state index in [1.807, 2.05) is 12.1 Å². The van der Waals surface area contributed by atoms with Gasteiger partial charge in [-0.2, -0.15) is 0 Å². The van der Waals surface area contributed by atoms with Crippen LogP contribution in [0.2, 0.25) is 5.02 Å². The van der Waals surface area contributed by atoms with Crippen molar-refractivity contribution >= 4 is 17.4 Å². The molecule has 3 rings (SSSR count). The number of fused-ring (bicyclic) bond motifs is 1. The van der Waals surface area contributed by atoms with Gasteiger partial charge in [-0.05, 0) is 48.2 Å². The van der Waals surface area contributed by atoms with Crippen molar-refractivity contribution in [3.8, 4) is 11.1 Å². The second-order valence-electron chi connectivity index (χ2n) is 5.64. The van der Waals surface area contributed by atoms with Gasteiger partial charge in [0.15, 0.2) is 0 Å². The summed E-state index contributed by atoms with van der Waals surface area (Å²) in [4.78, 5) is 23.3. The number of carbonyl (C=O) groups excluding carboxylic acids is 1. The molecule has 2 aromatic rings. The predicted octanol–water partition coefficient (Wildman–Crippen LogP) is 3.07. The number of pyridine rings is 1. The molecule has 0 saturated heterocycles. The summed E-state index contributed by atoms with van der Waals surface area (Å²) in [6, 6.07) is 5.82. The molecular formula is C17H16ClNO2. The Morgan fingerprint density at radius 1 is 1.10 bits per heavy atom. The van der Waals surface area contributed by atoms with Gasteiger partial charge in [0.2, 0.25) is 0 Å². The van der Waals surface area contributed by atoms with Gasteiger partial charge in [-0.25, -0.2) is 0 Å². The van der Waals surface area contributed by atoms with Crippen LogP contribution >= 0.6 is 11.6 Å². The van der Waals surface area contributed by atoms with Gasteiger partial charge >= 0.3 is 0 Å². The maximum absolute atomic E-state index is 11.8. The summed E-state index contributed by atoms with van der Waals surface area (Å²) in [5.74, 6) is 0.268. The second kappa shape index (κ2) is 5.15. The number of halogens is 1. The third kappa shape index (κ3) is 2.54. The molecule has 1 aromatic carbocycles. The number of nitrogens with zero attached hydrogens (tertiary/aromatic N) is 1. The molecule has 0 radical (unpaired) electrons. The SMILES string of the molecule is Cc1cc(-c2cc3c(cc2Cl)CC(=O)CC3)cn(C)c1=O. The van der Waals surface area contributed by atoms with Crippen LogP contribution in [0.25, 0.3) is 11.1 Å². The van der Waals surface area contributed by atoms with Crippen LogP contribution in [0, 0.1) is 6.92 Å². The third-order valence-corrected chi connectivity index (χ3v) is 4.34. The summed E-state index contributed by atoms with van der Waals surface area (Å²) in [6.45, 7) is 1.80. The maximum atomic E-state index is 11.8. The minimum Gasteiger partial charge on any atom is -0.318 e. The number of carbonyl (C=O) groups is 1. The summed E-state index contributed by atoms with van der Waals surface area (Å²) in [6.07, 6.45) is 3.64. The monoisotopic (exact) mass is 301 g/mol. The molecule has 21 heavy (non-hydrogen) atoms. The lowest BCUT2D eigenvalue weighted by Crippen LogP contribution is -2.18. The fourth-order valence-corrected chi connectivity index (χ4v) is 3.17. The molecular weight excluding hydrogens is 286 g/mol. The molecule has 4 heteroatoms. The van der Waals surface area contributed by atoms with Crippen molar-refractivity contribution in [3.63, 3.8) is 0 Å². The minimum atomic E-state index is -0.00145. The lowest BCUT2D eigenvalue weighted by Gasteiger charge is -2.18. The first-order valence-corrected chi connectivity index (χ1v) is 7.34.